The smallest absolute Gasteiger partial charge is 0.254 e. The molecule has 0 radical (unpaired) electrons. The molecule has 2 N–H and O–H groups in total. The summed E-state index contributed by atoms with van der Waals surface area (Å²) in [6.07, 6.45) is 0. The first kappa shape index (κ1) is 15.6. The Balaban J connectivity index is 2.20. The van der Waals surface area contributed by atoms with E-state index in [2.05, 4.69) is 15.9 Å². The summed E-state index contributed by atoms with van der Waals surface area (Å²) in [4.78, 5) is 14.5. The van der Waals surface area contributed by atoms with E-state index < -0.39 is 0 Å². The molecule has 0 aliphatic rings. The number of nitrogens with two attached hydrogens (primary N) is 1. The van der Waals surface area contributed by atoms with E-state index >= 15 is 0 Å². The second kappa shape index (κ2) is 6.76. The van der Waals surface area contributed by atoms with E-state index in [0.717, 1.165) is 21.3 Å². The van der Waals surface area contributed by atoms with Gasteiger partial charge in [-0.15, -0.1) is 0 Å². The fourth-order valence-electron chi connectivity index (χ4n) is 2.21. The van der Waals surface area contributed by atoms with Gasteiger partial charge in [0, 0.05) is 28.8 Å². The molecule has 0 aliphatic heterocycles. The van der Waals surface area contributed by atoms with Crippen LogP contribution in [-0.2, 0) is 6.54 Å². The Morgan fingerprint density at radius 2 is 1.86 bits per heavy atom. The first-order valence-corrected chi connectivity index (χ1v) is 7.69. The molecule has 4 heteroatoms. The van der Waals surface area contributed by atoms with Crippen LogP contribution in [0, 0.1) is 6.92 Å². The number of hydrogen-bond donors (Lipinski definition) is 1. The molecule has 0 bridgehead atoms. The first-order chi connectivity index (χ1) is 9.99. The Morgan fingerprint density at radius 1 is 1.19 bits per heavy atom. The van der Waals surface area contributed by atoms with Gasteiger partial charge in [0.05, 0.1) is 0 Å². The van der Waals surface area contributed by atoms with Gasteiger partial charge in [-0.05, 0) is 55.3 Å². The van der Waals surface area contributed by atoms with Crippen molar-refractivity contribution in [2.75, 3.05) is 12.3 Å². The normalized spacial score (nSPS) is 10.4. The predicted molar refractivity (Wildman–Crippen MR) is 90.1 cm³/mol. The highest BCUT2D eigenvalue weighted by Crippen LogP contribution is 2.18. The van der Waals surface area contributed by atoms with E-state index in [1.54, 1.807) is 0 Å². The van der Waals surface area contributed by atoms with Crippen LogP contribution in [0.25, 0.3) is 0 Å². The molecule has 2 rings (SSSR count). The second-order valence-electron chi connectivity index (χ2n) is 5.08. The quantitative estimate of drug-likeness (QED) is 0.850. The number of benzene rings is 2. The molecule has 0 unspecified atom stereocenters. The molecule has 1 amide bonds. The topological polar surface area (TPSA) is 46.3 Å². The molecule has 2 aromatic rings. The van der Waals surface area contributed by atoms with Gasteiger partial charge >= 0.3 is 0 Å². The minimum absolute atomic E-state index is 0.0405. The number of carbonyl (C=O) groups is 1. The largest absolute Gasteiger partial charge is 0.399 e. The van der Waals surface area contributed by atoms with Gasteiger partial charge in [-0.25, -0.2) is 0 Å². The molecule has 0 fully saturated rings. The number of rotatable bonds is 4. The van der Waals surface area contributed by atoms with Gasteiger partial charge in [0.1, 0.15) is 0 Å². The van der Waals surface area contributed by atoms with E-state index in [9.17, 15) is 4.79 Å². The molecule has 0 aliphatic carbocycles. The van der Waals surface area contributed by atoms with Crippen molar-refractivity contribution >= 4 is 27.5 Å². The molecule has 110 valence electrons. The molecule has 0 atom stereocenters. The number of carbonyl (C=O) groups excluding carboxylic acids is 1. The molecule has 0 saturated heterocycles. The Morgan fingerprint density at radius 3 is 2.43 bits per heavy atom. The Labute approximate surface area is 133 Å². The lowest BCUT2D eigenvalue weighted by Gasteiger charge is -2.21. The zero-order chi connectivity index (χ0) is 15.4. The lowest BCUT2D eigenvalue weighted by atomic mass is 10.1. The third-order valence-corrected chi connectivity index (χ3v) is 3.77. The summed E-state index contributed by atoms with van der Waals surface area (Å²) in [7, 11) is 0. The Kier molecular flexibility index (Phi) is 5.02. The van der Waals surface area contributed by atoms with Gasteiger partial charge in [0.2, 0.25) is 0 Å². The van der Waals surface area contributed by atoms with Crippen LogP contribution in [0.15, 0.2) is 46.9 Å². The molecule has 0 heterocycles. The van der Waals surface area contributed by atoms with Crippen molar-refractivity contribution in [1.29, 1.82) is 0 Å². The summed E-state index contributed by atoms with van der Waals surface area (Å²) in [5.74, 6) is 0.0405. The van der Waals surface area contributed by atoms with Crippen LogP contribution in [0.1, 0.15) is 28.4 Å². The summed E-state index contributed by atoms with van der Waals surface area (Å²) in [5, 5.41) is 0. The van der Waals surface area contributed by atoms with Crippen LogP contribution in [0.4, 0.5) is 5.69 Å². The first-order valence-electron chi connectivity index (χ1n) is 6.90. The number of nitrogen functional groups attached to an aromatic ring is 1. The highest BCUT2D eigenvalue weighted by molar-refractivity contribution is 9.10. The standard InChI is InChI=1S/C17H19BrN2O/c1-3-20(11-13-4-6-16(19)7-5-13)17(21)14-8-12(2)9-15(18)10-14/h4-10H,3,11,19H2,1-2H3. The monoisotopic (exact) mass is 346 g/mol. The minimum Gasteiger partial charge on any atom is -0.399 e. The van der Waals surface area contributed by atoms with Crippen LogP contribution >= 0.6 is 15.9 Å². The average molecular weight is 347 g/mol. The van der Waals surface area contributed by atoms with Gasteiger partial charge in [-0.1, -0.05) is 28.1 Å². The van der Waals surface area contributed by atoms with Gasteiger partial charge in [0.25, 0.3) is 5.91 Å². The lowest BCUT2D eigenvalue weighted by Crippen LogP contribution is -2.30. The maximum absolute atomic E-state index is 12.6. The zero-order valence-electron chi connectivity index (χ0n) is 12.3. The van der Waals surface area contributed by atoms with Crippen LogP contribution in [0.3, 0.4) is 0 Å². The Bertz CT molecular complexity index is 617. The maximum atomic E-state index is 12.6. The minimum atomic E-state index is 0.0405. The molecule has 21 heavy (non-hydrogen) atoms. The third kappa shape index (κ3) is 4.08. The summed E-state index contributed by atoms with van der Waals surface area (Å²) < 4.78 is 0.925. The summed E-state index contributed by atoms with van der Waals surface area (Å²) in [6, 6.07) is 13.4. The van der Waals surface area contributed by atoms with Gasteiger partial charge in [-0.3, -0.25) is 4.79 Å². The molecule has 2 aromatic carbocycles. The highest BCUT2D eigenvalue weighted by atomic mass is 79.9. The number of anilines is 1. The third-order valence-electron chi connectivity index (χ3n) is 3.31. The molecule has 0 aromatic heterocycles. The van der Waals surface area contributed by atoms with Crippen molar-refractivity contribution in [2.24, 2.45) is 0 Å². The summed E-state index contributed by atoms with van der Waals surface area (Å²) in [6.45, 7) is 5.22. The second-order valence-corrected chi connectivity index (χ2v) is 5.99. The van der Waals surface area contributed by atoms with Crippen molar-refractivity contribution in [3.8, 4) is 0 Å². The van der Waals surface area contributed by atoms with Crippen LogP contribution < -0.4 is 5.73 Å². The summed E-state index contributed by atoms with van der Waals surface area (Å²) >= 11 is 3.44. The molecule has 0 spiro atoms. The van der Waals surface area contributed by atoms with E-state index in [1.165, 1.54) is 0 Å². The van der Waals surface area contributed by atoms with Crippen molar-refractivity contribution in [3.05, 3.63) is 63.6 Å². The highest BCUT2D eigenvalue weighted by Gasteiger charge is 2.15. The van der Waals surface area contributed by atoms with E-state index in [-0.39, 0.29) is 5.91 Å². The van der Waals surface area contributed by atoms with Crippen molar-refractivity contribution in [1.82, 2.24) is 4.90 Å². The van der Waals surface area contributed by atoms with Gasteiger partial charge < -0.3 is 10.6 Å². The Hall–Kier alpha value is -1.81. The van der Waals surface area contributed by atoms with E-state index in [1.807, 2.05) is 61.2 Å². The predicted octanol–water partition coefficient (Wildman–Crippen LogP) is 4.00. The number of amides is 1. The van der Waals surface area contributed by atoms with Gasteiger partial charge in [-0.2, -0.15) is 0 Å². The molecule has 0 saturated carbocycles. The summed E-state index contributed by atoms with van der Waals surface area (Å²) in [5.41, 5.74) is 9.27. The lowest BCUT2D eigenvalue weighted by molar-refractivity contribution is 0.0752. The fraction of sp³-hybridized carbons (Fsp3) is 0.235. The molecule has 3 nitrogen and oxygen atoms in total. The molecular weight excluding hydrogens is 328 g/mol. The maximum Gasteiger partial charge on any atom is 0.254 e. The van der Waals surface area contributed by atoms with Crippen molar-refractivity contribution < 1.29 is 4.79 Å². The number of hydrogen-bond acceptors (Lipinski definition) is 2. The van der Waals surface area contributed by atoms with Gasteiger partial charge in [0.15, 0.2) is 0 Å². The molecular formula is C17H19BrN2O. The van der Waals surface area contributed by atoms with Crippen LogP contribution in [0.2, 0.25) is 0 Å². The zero-order valence-corrected chi connectivity index (χ0v) is 13.9. The van der Waals surface area contributed by atoms with E-state index in [4.69, 9.17) is 5.73 Å². The van der Waals surface area contributed by atoms with Crippen molar-refractivity contribution in [3.63, 3.8) is 0 Å². The average Bonchev–Trinajstić information content (AvgIpc) is 2.45. The number of aryl methyl sites for hydroxylation is 1. The van der Waals surface area contributed by atoms with Crippen LogP contribution in [-0.4, -0.2) is 17.4 Å². The van der Waals surface area contributed by atoms with Crippen LogP contribution in [0.5, 0.6) is 0 Å². The number of nitrogens with zero attached hydrogens (tertiary/aromatic N) is 1. The van der Waals surface area contributed by atoms with Crippen molar-refractivity contribution in [2.45, 2.75) is 20.4 Å². The SMILES string of the molecule is CCN(Cc1ccc(N)cc1)C(=O)c1cc(C)cc(Br)c1. The van der Waals surface area contributed by atoms with E-state index in [0.29, 0.717) is 18.7 Å². The number of halogens is 1. The fourth-order valence-corrected chi connectivity index (χ4v) is 2.82.